The molecule has 0 bridgehead atoms. The third kappa shape index (κ3) is 1.88. The Labute approximate surface area is 90.9 Å². The third-order valence-corrected chi connectivity index (χ3v) is 2.20. The van der Waals surface area contributed by atoms with Gasteiger partial charge < -0.3 is 5.11 Å². The second-order valence-electron chi connectivity index (χ2n) is 3.35. The molecule has 0 fully saturated rings. The van der Waals surface area contributed by atoms with Gasteiger partial charge in [-0.15, -0.1) is 0 Å². The summed E-state index contributed by atoms with van der Waals surface area (Å²) in [6.07, 6.45) is 1.15. The van der Waals surface area contributed by atoms with E-state index >= 15 is 0 Å². The number of H-pyrrole nitrogens is 1. The number of rotatable bonds is 3. The number of nitrogens with zero attached hydrogens (tertiary/aromatic N) is 1. The summed E-state index contributed by atoms with van der Waals surface area (Å²) in [5.74, 6) is -1.02. The van der Waals surface area contributed by atoms with E-state index in [1.807, 2.05) is 6.07 Å². The summed E-state index contributed by atoms with van der Waals surface area (Å²) in [5.41, 5.74) is 0.606. The van der Waals surface area contributed by atoms with Crippen molar-refractivity contribution < 1.29 is 9.90 Å². The van der Waals surface area contributed by atoms with E-state index in [2.05, 4.69) is 5.10 Å². The van der Waals surface area contributed by atoms with Gasteiger partial charge in [-0.1, -0.05) is 18.2 Å². The maximum atomic E-state index is 11.8. The summed E-state index contributed by atoms with van der Waals surface area (Å²) in [4.78, 5) is 22.3. The molecular formula is C11H10N2O3. The van der Waals surface area contributed by atoms with Gasteiger partial charge in [-0.25, -0.2) is 4.68 Å². The van der Waals surface area contributed by atoms with Gasteiger partial charge >= 0.3 is 5.97 Å². The van der Waals surface area contributed by atoms with Crippen molar-refractivity contribution in [1.82, 2.24) is 9.78 Å². The van der Waals surface area contributed by atoms with E-state index in [4.69, 9.17) is 5.11 Å². The molecule has 1 aromatic carbocycles. The Morgan fingerprint density at radius 1 is 1.31 bits per heavy atom. The number of carbonyl (C=O) groups is 1. The second kappa shape index (κ2) is 4.06. The quantitative estimate of drug-likeness (QED) is 0.799. The Morgan fingerprint density at radius 3 is 2.62 bits per heavy atom. The predicted molar refractivity (Wildman–Crippen MR) is 57.7 cm³/mol. The minimum atomic E-state index is -1.02. The fourth-order valence-corrected chi connectivity index (χ4v) is 1.46. The van der Waals surface area contributed by atoms with Crippen LogP contribution in [0.3, 0.4) is 0 Å². The predicted octanol–water partition coefficient (Wildman–Crippen LogP) is 0.793. The molecule has 5 heteroatoms. The molecule has 0 saturated heterocycles. The number of para-hydroxylation sites is 1. The molecule has 2 rings (SSSR count). The average Bonchev–Trinajstić information content (AvgIpc) is 2.61. The van der Waals surface area contributed by atoms with Crippen molar-refractivity contribution in [2.75, 3.05) is 0 Å². The highest BCUT2D eigenvalue weighted by molar-refractivity contribution is 5.69. The zero-order valence-electron chi connectivity index (χ0n) is 8.38. The van der Waals surface area contributed by atoms with Crippen LogP contribution in [0.5, 0.6) is 0 Å². The molecule has 0 amide bonds. The topological polar surface area (TPSA) is 75.1 Å². The van der Waals surface area contributed by atoms with Crippen molar-refractivity contribution in [3.05, 3.63) is 52.4 Å². The van der Waals surface area contributed by atoms with E-state index in [0.29, 0.717) is 5.69 Å². The van der Waals surface area contributed by atoms with Gasteiger partial charge in [0.25, 0.3) is 5.56 Å². The lowest BCUT2D eigenvalue weighted by molar-refractivity contribution is -0.136. The minimum Gasteiger partial charge on any atom is -0.481 e. The first-order valence-electron chi connectivity index (χ1n) is 4.75. The first kappa shape index (κ1) is 10.2. The lowest BCUT2D eigenvalue weighted by atomic mass is 10.2. The van der Waals surface area contributed by atoms with Gasteiger partial charge in [0.2, 0.25) is 0 Å². The summed E-state index contributed by atoms with van der Waals surface area (Å²) >= 11 is 0. The Morgan fingerprint density at radius 2 is 2.00 bits per heavy atom. The Kier molecular flexibility index (Phi) is 2.59. The number of carboxylic acids is 1. The highest BCUT2D eigenvalue weighted by atomic mass is 16.4. The van der Waals surface area contributed by atoms with E-state index in [-0.39, 0.29) is 17.5 Å². The molecule has 0 atom stereocenters. The Balaban J connectivity index is 2.42. The molecule has 16 heavy (non-hydrogen) atoms. The average molecular weight is 218 g/mol. The van der Waals surface area contributed by atoms with Crippen LogP contribution in [0.2, 0.25) is 0 Å². The van der Waals surface area contributed by atoms with Crippen LogP contribution < -0.4 is 5.56 Å². The molecule has 2 aromatic rings. The van der Waals surface area contributed by atoms with Crippen LogP contribution in [0.25, 0.3) is 5.69 Å². The summed E-state index contributed by atoms with van der Waals surface area (Å²) < 4.78 is 1.32. The van der Waals surface area contributed by atoms with E-state index in [1.165, 1.54) is 10.9 Å². The number of aromatic amines is 1. The molecule has 1 aromatic heterocycles. The van der Waals surface area contributed by atoms with Crippen LogP contribution >= 0.6 is 0 Å². The summed E-state index contributed by atoms with van der Waals surface area (Å²) in [5, 5.41) is 11.3. The molecule has 5 nitrogen and oxygen atoms in total. The van der Waals surface area contributed by atoms with Gasteiger partial charge in [-0.2, -0.15) is 0 Å². The number of aliphatic carboxylic acids is 1. The fraction of sp³-hybridized carbons (Fsp3) is 0.0909. The second-order valence-corrected chi connectivity index (χ2v) is 3.35. The van der Waals surface area contributed by atoms with Crippen LogP contribution in [0.15, 0.2) is 41.3 Å². The largest absolute Gasteiger partial charge is 0.481 e. The number of benzene rings is 1. The summed E-state index contributed by atoms with van der Waals surface area (Å²) in [7, 11) is 0. The maximum absolute atomic E-state index is 11.8. The third-order valence-electron chi connectivity index (χ3n) is 2.20. The minimum absolute atomic E-state index is 0.247. The van der Waals surface area contributed by atoms with Gasteiger partial charge in [-0.05, 0) is 12.1 Å². The molecule has 0 radical (unpaired) electrons. The van der Waals surface area contributed by atoms with Gasteiger partial charge in [0, 0.05) is 11.8 Å². The van der Waals surface area contributed by atoms with Gasteiger partial charge in [-0.3, -0.25) is 14.7 Å². The van der Waals surface area contributed by atoms with Crippen LogP contribution in [0.4, 0.5) is 0 Å². The van der Waals surface area contributed by atoms with Crippen molar-refractivity contribution in [2.45, 2.75) is 6.42 Å². The zero-order chi connectivity index (χ0) is 11.5. The highest BCUT2D eigenvalue weighted by Crippen LogP contribution is 2.03. The van der Waals surface area contributed by atoms with Crippen molar-refractivity contribution >= 4 is 5.97 Å². The van der Waals surface area contributed by atoms with Gasteiger partial charge in [0.1, 0.15) is 0 Å². The lowest BCUT2D eigenvalue weighted by Gasteiger charge is -1.99. The van der Waals surface area contributed by atoms with Crippen LogP contribution in [0, 0.1) is 0 Å². The van der Waals surface area contributed by atoms with Crippen molar-refractivity contribution in [3.8, 4) is 5.69 Å². The molecule has 2 N–H and O–H groups in total. The monoisotopic (exact) mass is 218 g/mol. The summed E-state index contributed by atoms with van der Waals surface area (Å²) in [6.45, 7) is 0. The van der Waals surface area contributed by atoms with E-state index in [0.717, 1.165) is 0 Å². The van der Waals surface area contributed by atoms with Gasteiger partial charge in [0.15, 0.2) is 0 Å². The smallest absolute Gasteiger partial charge is 0.308 e. The summed E-state index contributed by atoms with van der Waals surface area (Å²) in [6, 6.07) is 8.99. The Hall–Kier alpha value is -2.30. The molecule has 0 aliphatic rings. The standard InChI is InChI=1S/C11H10N2O3/c14-10(15)6-8-7-12-13(11(8)16)9-4-2-1-3-5-9/h1-5,7,12H,6H2,(H,14,15). The first-order chi connectivity index (χ1) is 7.68. The lowest BCUT2D eigenvalue weighted by Crippen LogP contribution is -2.18. The highest BCUT2D eigenvalue weighted by Gasteiger charge is 2.10. The molecular weight excluding hydrogens is 208 g/mol. The first-order valence-corrected chi connectivity index (χ1v) is 4.75. The Bertz CT molecular complexity index is 554. The normalized spacial score (nSPS) is 10.2. The molecule has 0 saturated carbocycles. The molecule has 0 unspecified atom stereocenters. The maximum Gasteiger partial charge on any atom is 0.308 e. The van der Waals surface area contributed by atoms with Crippen LogP contribution in [-0.4, -0.2) is 20.9 Å². The number of aromatic nitrogens is 2. The van der Waals surface area contributed by atoms with E-state index in [9.17, 15) is 9.59 Å². The number of nitrogens with one attached hydrogen (secondary N) is 1. The zero-order valence-corrected chi connectivity index (χ0v) is 8.38. The van der Waals surface area contributed by atoms with Crippen LogP contribution in [-0.2, 0) is 11.2 Å². The molecule has 1 heterocycles. The molecule has 0 aliphatic heterocycles. The molecule has 82 valence electrons. The fourth-order valence-electron chi connectivity index (χ4n) is 1.46. The van der Waals surface area contributed by atoms with Crippen molar-refractivity contribution in [1.29, 1.82) is 0 Å². The molecule has 0 spiro atoms. The number of hydrogen-bond acceptors (Lipinski definition) is 2. The van der Waals surface area contributed by atoms with E-state index < -0.39 is 5.97 Å². The van der Waals surface area contributed by atoms with Crippen molar-refractivity contribution in [3.63, 3.8) is 0 Å². The van der Waals surface area contributed by atoms with Gasteiger partial charge in [0.05, 0.1) is 12.1 Å². The number of carboxylic acid groups (broad SMARTS) is 1. The van der Waals surface area contributed by atoms with Crippen LogP contribution in [0.1, 0.15) is 5.56 Å². The SMILES string of the molecule is O=C(O)Cc1c[nH]n(-c2ccccc2)c1=O. The van der Waals surface area contributed by atoms with Crippen molar-refractivity contribution in [2.24, 2.45) is 0 Å². The van der Waals surface area contributed by atoms with E-state index in [1.54, 1.807) is 24.3 Å². The molecule has 0 aliphatic carbocycles. The number of hydrogen-bond donors (Lipinski definition) is 2.